The summed E-state index contributed by atoms with van der Waals surface area (Å²) in [7, 11) is 1.22. The number of carbonyl (C=O) groups is 5. The van der Waals surface area contributed by atoms with Crippen molar-refractivity contribution in [1.82, 2.24) is 26.6 Å². The van der Waals surface area contributed by atoms with Gasteiger partial charge in [0.25, 0.3) is 0 Å². The number of halogens is 1. The fourth-order valence-electron chi connectivity index (χ4n) is 4.86. The number of nitrogens with one attached hydrogen (secondary N) is 5. The van der Waals surface area contributed by atoms with Crippen molar-refractivity contribution >= 4 is 29.7 Å². The predicted octanol–water partition coefficient (Wildman–Crippen LogP) is 2.30. The molecule has 45 heavy (non-hydrogen) atoms. The average Bonchev–Trinajstić information content (AvgIpc) is 3.01. The van der Waals surface area contributed by atoms with Crippen molar-refractivity contribution < 1.29 is 33.1 Å². The maximum Gasteiger partial charge on any atom is 0.328 e. The third kappa shape index (κ3) is 11.4. The van der Waals surface area contributed by atoms with Crippen LogP contribution in [-0.4, -0.2) is 67.5 Å². The van der Waals surface area contributed by atoms with E-state index in [9.17, 15) is 28.4 Å². The maximum atomic E-state index is 14.4. The summed E-state index contributed by atoms with van der Waals surface area (Å²) in [5.74, 6) is -2.78. The van der Waals surface area contributed by atoms with Crippen LogP contribution in [0.5, 0.6) is 0 Å². The molecule has 5 amide bonds. The molecule has 0 bridgehead atoms. The Labute approximate surface area is 262 Å². The smallest absolute Gasteiger partial charge is 0.328 e. The minimum Gasteiger partial charge on any atom is -0.467 e. The average molecular weight is 624 g/mol. The van der Waals surface area contributed by atoms with E-state index in [4.69, 9.17) is 4.74 Å². The molecule has 242 valence electrons. The first-order valence-corrected chi connectivity index (χ1v) is 15.1. The van der Waals surface area contributed by atoms with Crippen LogP contribution >= 0.6 is 0 Å². The van der Waals surface area contributed by atoms with E-state index in [0.717, 1.165) is 5.56 Å². The van der Waals surface area contributed by atoms with Gasteiger partial charge in [0.05, 0.1) is 13.2 Å². The second-order valence-corrected chi connectivity index (χ2v) is 11.2. The summed E-state index contributed by atoms with van der Waals surface area (Å²) < 4.78 is 19.2. The van der Waals surface area contributed by atoms with Crippen LogP contribution in [0.15, 0.2) is 66.7 Å². The van der Waals surface area contributed by atoms with Crippen LogP contribution in [0.4, 0.5) is 9.18 Å². The predicted molar refractivity (Wildman–Crippen MR) is 166 cm³/mol. The van der Waals surface area contributed by atoms with Gasteiger partial charge in [-0.15, -0.1) is 0 Å². The lowest BCUT2D eigenvalue weighted by atomic mass is 10.0. The molecule has 1 aliphatic rings. The van der Waals surface area contributed by atoms with Gasteiger partial charge in [0.1, 0.15) is 23.9 Å². The molecule has 0 radical (unpaired) electrons. The fraction of sp³-hybridized carbons (Fsp3) is 0.424. The molecule has 2 aromatic carbocycles. The molecule has 4 atom stereocenters. The van der Waals surface area contributed by atoms with Crippen molar-refractivity contribution in [3.8, 4) is 0 Å². The Balaban J connectivity index is 1.81. The summed E-state index contributed by atoms with van der Waals surface area (Å²) >= 11 is 0. The Morgan fingerprint density at radius 1 is 1.00 bits per heavy atom. The molecule has 0 spiro atoms. The van der Waals surface area contributed by atoms with Gasteiger partial charge in [0, 0.05) is 19.0 Å². The molecule has 1 unspecified atom stereocenters. The van der Waals surface area contributed by atoms with Gasteiger partial charge >= 0.3 is 12.0 Å². The zero-order valence-electron chi connectivity index (χ0n) is 25.8. The summed E-state index contributed by atoms with van der Waals surface area (Å²) in [5, 5.41) is 13.6. The molecule has 11 nitrogen and oxygen atoms in total. The van der Waals surface area contributed by atoms with Crippen molar-refractivity contribution in [3.05, 3.63) is 83.7 Å². The van der Waals surface area contributed by atoms with Crippen molar-refractivity contribution in [3.63, 3.8) is 0 Å². The second kappa shape index (κ2) is 17.5. The molecular formula is C33H42FN5O6. The number of rotatable bonds is 10. The highest BCUT2D eigenvalue weighted by molar-refractivity contribution is 5.93. The lowest BCUT2D eigenvalue weighted by Gasteiger charge is -2.26. The van der Waals surface area contributed by atoms with E-state index in [1.54, 1.807) is 44.2 Å². The number of methoxy groups -OCH3 is 1. The molecule has 2 aromatic rings. The van der Waals surface area contributed by atoms with Gasteiger partial charge in [-0.25, -0.2) is 14.0 Å². The number of hydrogen-bond donors (Lipinski definition) is 5. The zero-order chi connectivity index (χ0) is 32.8. The molecular weight excluding hydrogens is 581 g/mol. The fourth-order valence-corrected chi connectivity index (χ4v) is 4.86. The Morgan fingerprint density at radius 2 is 1.71 bits per heavy atom. The quantitative estimate of drug-likeness (QED) is 0.256. The van der Waals surface area contributed by atoms with Gasteiger partial charge in [0.2, 0.25) is 17.7 Å². The molecule has 0 saturated carbocycles. The Kier molecular flexibility index (Phi) is 13.5. The lowest BCUT2D eigenvalue weighted by molar-refractivity contribution is -0.144. The van der Waals surface area contributed by atoms with Crippen LogP contribution in [0, 0.1) is 11.7 Å². The highest BCUT2D eigenvalue weighted by atomic mass is 19.1. The Bertz CT molecular complexity index is 1350. The van der Waals surface area contributed by atoms with Gasteiger partial charge in [-0.1, -0.05) is 68.5 Å². The summed E-state index contributed by atoms with van der Waals surface area (Å²) in [6.45, 7) is 3.87. The summed E-state index contributed by atoms with van der Waals surface area (Å²) in [4.78, 5) is 64.7. The Morgan fingerprint density at radius 3 is 2.40 bits per heavy atom. The highest BCUT2D eigenvalue weighted by Gasteiger charge is 2.30. The van der Waals surface area contributed by atoms with E-state index in [2.05, 4.69) is 26.6 Å². The van der Waals surface area contributed by atoms with Gasteiger partial charge in [-0.3, -0.25) is 14.4 Å². The zero-order valence-corrected chi connectivity index (χ0v) is 25.8. The third-order valence-electron chi connectivity index (χ3n) is 7.37. The number of hydrogen-bond acceptors (Lipinski definition) is 6. The van der Waals surface area contributed by atoms with Crippen LogP contribution in [-0.2, 0) is 36.8 Å². The first-order valence-electron chi connectivity index (χ1n) is 15.1. The molecule has 0 aromatic heterocycles. The molecule has 12 heteroatoms. The summed E-state index contributed by atoms with van der Waals surface area (Å²) in [5.41, 5.74) is 1.12. The van der Waals surface area contributed by atoms with Crippen LogP contribution in [0.25, 0.3) is 0 Å². The van der Waals surface area contributed by atoms with E-state index in [0.29, 0.717) is 24.9 Å². The number of amides is 5. The minimum atomic E-state index is -1.10. The minimum absolute atomic E-state index is 0.0818. The van der Waals surface area contributed by atoms with E-state index >= 15 is 0 Å². The van der Waals surface area contributed by atoms with Gasteiger partial charge in [-0.2, -0.15) is 0 Å². The summed E-state index contributed by atoms with van der Waals surface area (Å²) in [6.07, 6.45) is 4.32. The first-order chi connectivity index (χ1) is 21.6. The van der Waals surface area contributed by atoms with E-state index in [-0.39, 0.29) is 31.1 Å². The molecule has 0 saturated heterocycles. The largest absolute Gasteiger partial charge is 0.467 e. The lowest BCUT2D eigenvalue weighted by Crippen LogP contribution is -2.58. The SMILES string of the molecule is COC(=O)C(NC(=O)N[C@@H](Cc1ccccc1)C(=O)N[C@H]1CCCCNC(=O)/C=C/[C@H](Cc2ccccc2F)NC1=O)C(C)C. The third-order valence-corrected chi connectivity index (χ3v) is 7.37. The van der Waals surface area contributed by atoms with Crippen molar-refractivity contribution in [2.75, 3.05) is 13.7 Å². The van der Waals surface area contributed by atoms with Crippen molar-refractivity contribution in [2.24, 2.45) is 5.92 Å². The van der Waals surface area contributed by atoms with Gasteiger partial charge in [-0.05, 0) is 48.8 Å². The highest BCUT2D eigenvalue weighted by Crippen LogP contribution is 2.12. The number of urea groups is 1. The molecule has 0 aliphatic carbocycles. The normalized spacial score (nSPS) is 19.4. The van der Waals surface area contributed by atoms with Crippen molar-refractivity contribution in [2.45, 2.75) is 70.1 Å². The number of benzene rings is 2. The first kappa shape index (κ1) is 34.7. The van der Waals surface area contributed by atoms with Crippen LogP contribution in [0.3, 0.4) is 0 Å². The van der Waals surface area contributed by atoms with Crippen LogP contribution in [0.1, 0.15) is 44.2 Å². The van der Waals surface area contributed by atoms with Crippen LogP contribution < -0.4 is 26.6 Å². The molecule has 5 N–H and O–H groups in total. The molecule has 0 fully saturated rings. The molecule has 1 aliphatic heterocycles. The van der Waals surface area contributed by atoms with E-state index < -0.39 is 53.8 Å². The summed E-state index contributed by atoms with van der Waals surface area (Å²) in [6, 6.07) is 10.7. The van der Waals surface area contributed by atoms with E-state index in [1.165, 1.54) is 25.3 Å². The molecule has 3 rings (SSSR count). The van der Waals surface area contributed by atoms with Gasteiger partial charge < -0.3 is 31.3 Å². The number of carbonyl (C=O) groups excluding carboxylic acids is 5. The Hall–Kier alpha value is -4.74. The van der Waals surface area contributed by atoms with Crippen LogP contribution in [0.2, 0.25) is 0 Å². The van der Waals surface area contributed by atoms with E-state index in [1.807, 2.05) is 18.2 Å². The molecule has 1 heterocycles. The second-order valence-electron chi connectivity index (χ2n) is 11.2. The number of ether oxygens (including phenoxy) is 1. The monoisotopic (exact) mass is 623 g/mol. The topological polar surface area (TPSA) is 155 Å². The number of esters is 1. The standard InChI is InChI=1S/C33H42FN5O6/c1-21(2)29(32(43)45-3)39-33(44)38-27(19-22-11-5-4-6-12-22)31(42)37-26-15-9-10-18-35-28(40)17-16-24(36-30(26)41)20-23-13-7-8-14-25(23)34/h4-8,11-14,16-17,21,24,26-27,29H,9-10,15,18-20H2,1-3H3,(H,35,40)(H,36,41)(H,37,42)(H2,38,39,44)/b17-16+/t24-,26+,27+,29?/m1/s1. The maximum absolute atomic E-state index is 14.4. The van der Waals surface area contributed by atoms with Crippen molar-refractivity contribution in [1.29, 1.82) is 0 Å². The van der Waals surface area contributed by atoms with Gasteiger partial charge in [0.15, 0.2) is 0 Å².